The van der Waals surface area contributed by atoms with Gasteiger partial charge in [0.2, 0.25) is 0 Å². The van der Waals surface area contributed by atoms with Crippen molar-refractivity contribution in [2.45, 2.75) is 52.6 Å². The molecule has 2 aliphatic rings. The highest BCUT2D eigenvalue weighted by Crippen LogP contribution is 2.54. The molecule has 1 nitrogen and oxygen atoms in total. The summed E-state index contributed by atoms with van der Waals surface area (Å²) in [6.45, 7) is 7.09. The summed E-state index contributed by atoms with van der Waals surface area (Å²) in [6, 6.07) is 0. The van der Waals surface area contributed by atoms with Gasteiger partial charge in [0.05, 0.1) is 6.10 Å². The largest absolute Gasteiger partial charge is 0.393 e. The van der Waals surface area contributed by atoms with Gasteiger partial charge in [0.15, 0.2) is 0 Å². The molecule has 0 aromatic heterocycles. The molecule has 0 spiro atoms. The van der Waals surface area contributed by atoms with E-state index in [-0.39, 0.29) is 6.10 Å². The van der Waals surface area contributed by atoms with Gasteiger partial charge in [0.25, 0.3) is 0 Å². The minimum atomic E-state index is -0.000394. The minimum Gasteiger partial charge on any atom is -0.393 e. The van der Waals surface area contributed by atoms with Crippen molar-refractivity contribution in [1.82, 2.24) is 0 Å². The van der Waals surface area contributed by atoms with Crippen LogP contribution >= 0.6 is 0 Å². The Morgan fingerprint density at radius 2 is 2.00 bits per heavy atom. The van der Waals surface area contributed by atoms with E-state index in [1.807, 2.05) is 0 Å². The van der Waals surface area contributed by atoms with Crippen LogP contribution in [-0.2, 0) is 0 Å². The Bertz CT molecular complexity index is 197. The van der Waals surface area contributed by atoms with Gasteiger partial charge in [0.1, 0.15) is 0 Å². The third kappa shape index (κ3) is 1.41. The van der Waals surface area contributed by atoms with Crippen LogP contribution in [0.25, 0.3) is 0 Å². The zero-order chi connectivity index (χ0) is 9.64. The first-order valence-electron chi connectivity index (χ1n) is 5.70. The Labute approximate surface area is 81.5 Å². The van der Waals surface area contributed by atoms with Gasteiger partial charge in [-0.25, -0.2) is 0 Å². The highest BCUT2D eigenvalue weighted by molar-refractivity contribution is 4.98. The second kappa shape index (κ2) is 2.98. The van der Waals surface area contributed by atoms with Crippen molar-refractivity contribution >= 4 is 0 Å². The smallest absolute Gasteiger partial charge is 0.0574 e. The molecule has 2 aliphatic carbocycles. The average molecular weight is 182 g/mol. The summed E-state index contributed by atoms with van der Waals surface area (Å²) >= 11 is 0. The Balaban J connectivity index is 2.22. The van der Waals surface area contributed by atoms with Crippen molar-refractivity contribution in [1.29, 1.82) is 0 Å². The van der Waals surface area contributed by atoms with E-state index in [0.29, 0.717) is 11.3 Å². The van der Waals surface area contributed by atoms with E-state index in [2.05, 4.69) is 20.8 Å². The predicted octanol–water partition coefficient (Wildman–Crippen LogP) is 2.83. The van der Waals surface area contributed by atoms with Crippen LogP contribution in [0.2, 0.25) is 0 Å². The van der Waals surface area contributed by atoms with Crippen LogP contribution < -0.4 is 0 Å². The lowest BCUT2D eigenvalue weighted by molar-refractivity contribution is 0.0271. The summed E-state index contributed by atoms with van der Waals surface area (Å²) in [7, 11) is 0. The molecule has 0 heterocycles. The molecule has 13 heavy (non-hydrogen) atoms. The Kier molecular flexibility index (Phi) is 2.18. The molecule has 4 unspecified atom stereocenters. The maximum absolute atomic E-state index is 9.93. The lowest BCUT2D eigenvalue weighted by Crippen LogP contribution is -2.36. The third-order valence-electron chi connectivity index (χ3n) is 4.44. The molecule has 4 atom stereocenters. The van der Waals surface area contributed by atoms with Gasteiger partial charge in [-0.3, -0.25) is 0 Å². The van der Waals surface area contributed by atoms with Crippen LogP contribution in [0, 0.1) is 23.2 Å². The number of fused-ring (bicyclic) bond motifs is 1. The lowest BCUT2D eigenvalue weighted by Gasteiger charge is -2.43. The van der Waals surface area contributed by atoms with E-state index in [4.69, 9.17) is 0 Å². The molecule has 1 N–H and O–H groups in total. The van der Waals surface area contributed by atoms with Crippen molar-refractivity contribution < 1.29 is 5.11 Å². The molecule has 2 saturated carbocycles. The second-order valence-corrected chi connectivity index (χ2v) is 5.85. The summed E-state index contributed by atoms with van der Waals surface area (Å²) in [6.07, 6.45) is 4.97. The molecule has 0 amide bonds. The molecular weight excluding hydrogens is 160 g/mol. The Hall–Kier alpha value is -0.0400. The SMILES string of the molecule is CC1CC(O)C2CCCC(C)(C)C12. The van der Waals surface area contributed by atoms with E-state index in [1.54, 1.807) is 0 Å². The molecule has 0 aliphatic heterocycles. The fraction of sp³-hybridized carbons (Fsp3) is 1.00. The van der Waals surface area contributed by atoms with Gasteiger partial charge in [0, 0.05) is 0 Å². The van der Waals surface area contributed by atoms with E-state index in [1.165, 1.54) is 19.3 Å². The normalized spacial score (nSPS) is 48.9. The van der Waals surface area contributed by atoms with Crippen molar-refractivity contribution in [3.05, 3.63) is 0 Å². The number of hydrogen-bond donors (Lipinski definition) is 1. The fourth-order valence-corrected chi connectivity index (χ4v) is 4.05. The molecule has 1 heteroatoms. The molecule has 0 radical (unpaired) electrons. The first kappa shape index (κ1) is 9.51. The van der Waals surface area contributed by atoms with Gasteiger partial charge >= 0.3 is 0 Å². The van der Waals surface area contributed by atoms with Crippen LogP contribution in [0.5, 0.6) is 0 Å². The highest BCUT2D eigenvalue weighted by Gasteiger charge is 2.49. The van der Waals surface area contributed by atoms with Gasteiger partial charge in [-0.1, -0.05) is 27.2 Å². The molecule has 2 fully saturated rings. The Morgan fingerprint density at radius 1 is 1.31 bits per heavy atom. The van der Waals surface area contributed by atoms with E-state index >= 15 is 0 Å². The van der Waals surface area contributed by atoms with Gasteiger partial charge < -0.3 is 5.11 Å². The van der Waals surface area contributed by atoms with Gasteiger partial charge in [-0.05, 0) is 42.4 Å². The number of hydrogen-bond acceptors (Lipinski definition) is 1. The predicted molar refractivity (Wildman–Crippen MR) is 54.4 cm³/mol. The van der Waals surface area contributed by atoms with Gasteiger partial charge in [-0.15, -0.1) is 0 Å². The molecule has 0 bridgehead atoms. The third-order valence-corrected chi connectivity index (χ3v) is 4.44. The maximum atomic E-state index is 9.93. The zero-order valence-electron chi connectivity index (χ0n) is 9.09. The molecular formula is C12H22O. The number of aliphatic hydroxyl groups is 1. The van der Waals surface area contributed by atoms with E-state index in [0.717, 1.165) is 18.3 Å². The molecule has 0 aromatic carbocycles. The molecule has 0 aromatic rings. The fourth-order valence-electron chi connectivity index (χ4n) is 4.05. The van der Waals surface area contributed by atoms with Crippen LogP contribution in [-0.4, -0.2) is 11.2 Å². The standard InChI is InChI=1S/C12H22O/c1-8-7-10(13)9-5-4-6-12(2,3)11(8)9/h8-11,13H,4-7H2,1-3H3. The first-order chi connectivity index (χ1) is 6.02. The van der Waals surface area contributed by atoms with Crippen molar-refractivity contribution in [3.63, 3.8) is 0 Å². The van der Waals surface area contributed by atoms with Crippen molar-refractivity contribution in [2.75, 3.05) is 0 Å². The van der Waals surface area contributed by atoms with Gasteiger partial charge in [-0.2, -0.15) is 0 Å². The topological polar surface area (TPSA) is 20.2 Å². The Morgan fingerprint density at radius 3 is 2.62 bits per heavy atom. The minimum absolute atomic E-state index is 0.000394. The van der Waals surface area contributed by atoms with Crippen LogP contribution in [0.1, 0.15) is 46.5 Å². The number of rotatable bonds is 0. The van der Waals surface area contributed by atoms with Crippen LogP contribution in [0.15, 0.2) is 0 Å². The van der Waals surface area contributed by atoms with Crippen LogP contribution in [0.3, 0.4) is 0 Å². The zero-order valence-corrected chi connectivity index (χ0v) is 9.09. The summed E-state index contributed by atoms with van der Waals surface area (Å²) in [4.78, 5) is 0. The van der Waals surface area contributed by atoms with E-state index < -0.39 is 0 Å². The lowest BCUT2D eigenvalue weighted by atomic mass is 9.62. The van der Waals surface area contributed by atoms with Crippen molar-refractivity contribution in [3.8, 4) is 0 Å². The summed E-state index contributed by atoms with van der Waals surface area (Å²) in [5.74, 6) is 2.12. The monoisotopic (exact) mass is 182 g/mol. The maximum Gasteiger partial charge on any atom is 0.0574 e. The second-order valence-electron chi connectivity index (χ2n) is 5.85. The molecule has 76 valence electrons. The first-order valence-corrected chi connectivity index (χ1v) is 5.70. The van der Waals surface area contributed by atoms with E-state index in [9.17, 15) is 5.11 Å². The average Bonchev–Trinajstić information content (AvgIpc) is 2.27. The summed E-state index contributed by atoms with van der Waals surface area (Å²) in [5.41, 5.74) is 0.472. The van der Waals surface area contributed by atoms with Crippen molar-refractivity contribution in [2.24, 2.45) is 23.2 Å². The summed E-state index contributed by atoms with van der Waals surface area (Å²) < 4.78 is 0. The summed E-state index contributed by atoms with van der Waals surface area (Å²) in [5, 5.41) is 9.93. The van der Waals surface area contributed by atoms with Crippen LogP contribution in [0.4, 0.5) is 0 Å². The quantitative estimate of drug-likeness (QED) is 0.611. The molecule has 0 saturated heterocycles. The number of aliphatic hydroxyl groups excluding tert-OH is 1. The molecule has 2 rings (SSSR count). The highest BCUT2D eigenvalue weighted by atomic mass is 16.3.